The lowest BCUT2D eigenvalue weighted by Crippen LogP contribution is -2.40. The Morgan fingerprint density at radius 2 is 1.82 bits per heavy atom. The molecule has 0 spiro atoms. The number of imidazole rings is 1. The molecule has 2 aromatic heterocycles. The van der Waals surface area contributed by atoms with Crippen molar-refractivity contribution in [2.24, 2.45) is 7.05 Å². The molecule has 0 radical (unpaired) electrons. The largest absolute Gasteiger partial charge is 0.332 e. The van der Waals surface area contributed by atoms with Crippen LogP contribution in [-0.2, 0) is 20.1 Å². The summed E-state index contributed by atoms with van der Waals surface area (Å²) in [6, 6.07) is 10.1. The van der Waals surface area contributed by atoms with Gasteiger partial charge in [0.15, 0.2) is 11.2 Å². The molecule has 1 aromatic carbocycles. The van der Waals surface area contributed by atoms with Crippen LogP contribution in [0.5, 0.6) is 0 Å². The summed E-state index contributed by atoms with van der Waals surface area (Å²) in [5, 5.41) is 0. The molecule has 3 heterocycles. The maximum atomic E-state index is 13.2. The molecule has 7 nitrogen and oxygen atoms in total. The number of aryl methyl sites for hydroxylation is 2. The molecule has 1 aliphatic heterocycles. The molecule has 1 aliphatic rings. The Balaban J connectivity index is 1.84. The number of nitrogens with zero attached hydrogens (tertiary/aromatic N) is 5. The van der Waals surface area contributed by atoms with E-state index >= 15 is 0 Å². The molecular weight excluding hydrogens is 354 g/mol. The lowest BCUT2D eigenvalue weighted by atomic mass is 10.2. The molecule has 28 heavy (non-hydrogen) atoms. The molecule has 0 N–H and O–H groups in total. The quantitative estimate of drug-likeness (QED) is 0.616. The molecule has 3 aromatic rings. The summed E-state index contributed by atoms with van der Waals surface area (Å²) in [4.78, 5) is 32.9. The van der Waals surface area contributed by atoms with Crippen LogP contribution in [0.25, 0.3) is 11.2 Å². The number of benzene rings is 1. The van der Waals surface area contributed by atoms with E-state index in [0.29, 0.717) is 17.7 Å². The zero-order valence-electron chi connectivity index (χ0n) is 16.6. The number of unbranched alkanes of at least 4 members (excludes halogenated alkanes) is 3. The van der Waals surface area contributed by atoms with Gasteiger partial charge in [-0.25, -0.2) is 4.79 Å². The predicted molar refractivity (Wildman–Crippen MR) is 111 cm³/mol. The van der Waals surface area contributed by atoms with Crippen molar-refractivity contribution < 1.29 is 0 Å². The monoisotopic (exact) mass is 381 g/mol. The first-order chi connectivity index (χ1) is 13.6. The van der Waals surface area contributed by atoms with Gasteiger partial charge >= 0.3 is 5.69 Å². The van der Waals surface area contributed by atoms with Crippen LogP contribution in [0.2, 0.25) is 0 Å². The van der Waals surface area contributed by atoms with Gasteiger partial charge < -0.3 is 9.47 Å². The Morgan fingerprint density at radius 1 is 1.04 bits per heavy atom. The predicted octanol–water partition coefficient (Wildman–Crippen LogP) is 3.02. The standard InChI is InChI=1S/C21H27N5O2/c1-3-4-5-9-13-26-19(27)17-18(23(2)21(26)28)22-20-24(14-10-15-25(17)20)16-11-7-6-8-12-16/h6-8,11-12H,3-5,9-10,13-15H2,1-2H3. The molecule has 0 amide bonds. The van der Waals surface area contributed by atoms with E-state index in [1.165, 1.54) is 9.13 Å². The van der Waals surface area contributed by atoms with E-state index in [2.05, 4.69) is 11.8 Å². The minimum Gasteiger partial charge on any atom is -0.312 e. The van der Waals surface area contributed by atoms with Gasteiger partial charge in [0.05, 0.1) is 0 Å². The first-order valence-corrected chi connectivity index (χ1v) is 10.2. The number of aromatic nitrogens is 4. The smallest absolute Gasteiger partial charge is 0.312 e. The van der Waals surface area contributed by atoms with E-state index in [-0.39, 0.29) is 11.2 Å². The molecule has 148 valence electrons. The number of anilines is 2. The highest BCUT2D eigenvalue weighted by Gasteiger charge is 2.26. The third kappa shape index (κ3) is 3.04. The van der Waals surface area contributed by atoms with Crippen LogP contribution in [0.4, 0.5) is 11.6 Å². The average Bonchev–Trinajstić information content (AvgIpc) is 3.12. The molecule has 0 bridgehead atoms. The van der Waals surface area contributed by atoms with E-state index in [0.717, 1.165) is 56.8 Å². The highest BCUT2D eigenvalue weighted by Crippen LogP contribution is 2.30. The van der Waals surface area contributed by atoms with Crippen molar-refractivity contribution in [1.82, 2.24) is 18.7 Å². The second kappa shape index (κ2) is 7.66. The van der Waals surface area contributed by atoms with Crippen LogP contribution >= 0.6 is 0 Å². The summed E-state index contributed by atoms with van der Waals surface area (Å²) < 4.78 is 4.88. The van der Waals surface area contributed by atoms with Crippen LogP contribution in [-0.4, -0.2) is 25.2 Å². The van der Waals surface area contributed by atoms with E-state index in [1.807, 2.05) is 34.9 Å². The Hall–Kier alpha value is -2.83. The minimum absolute atomic E-state index is 0.219. The molecule has 0 aliphatic carbocycles. The summed E-state index contributed by atoms with van der Waals surface area (Å²) in [7, 11) is 1.71. The number of rotatable bonds is 6. The number of hydrogen-bond acceptors (Lipinski definition) is 4. The summed E-state index contributed by atoms with van der Waals surface area (Å²) in [6.07, 6.45) is 5.02. The fourth-order valence-electron chi connectivity index (χ4n) is 4.01. The van der Waals surface area contributed by atoms with Gasteiger partial charge in [0.25, 0.3) is 5.56 Å². The maximum Gasteiger partial charge on any atom is 0.332 e. The van der Waals surface area contributed by atoms with Crippen LogP contribution in [0, 0.1) is 0 Å². The number of fused-ring (bicyclic) bond motifs is 3. The Labute approximate surface area is 163 Å². The fourth-order valence-corrected chi connectivity index (χ4v) is 4.01. The van der Waals surface area contributed by atoms with Gasteiger partial charge in [-0.05, 0) is 25.0 Å². The second-order valence-corrected chi connectivity index (χ2v) is 7.44. The van der Waals surface area contributed by atoms with Crippen LogP contribution in [0.3, 0.4) is 0 Å². The third-order valence-electron chi connectivity index (χ3n) is 5.52. The minimum atomic E-state index is -0.282. The average molecular weight is 381 g/mol. The first-order valence-electron chi connectivity index (χ1n) is 10.2. The van der Waals surface area contributed by atoms with Crippen molar-refractivity contribution in [3.05, 3.63) is 51.2 Å². The summed E-state index contributed by atoms with van der Waals surface area (Å²) in [5.74, 6) is 0.739. The lowest BCUT2D eigenvalue weighted by Gasteiger charge is -2.28. The van der Waals surface area contributed by atoms with Crippen molar-refractivity contribution in [2.75, 3.05) is 11.4 Å². The van der Waals surface area contributed by atoms with Crippen molar-refractivity contribution in [3.8, 4) is 0 Å². The normalized spacial score (nSPS) is 13.9. The Bertz CT molecular complexity index is 1090. The Kier molecular flexibility index (Phi) is 5.07. The van der Waals surface area contributed by atoms with E-state index in [9.17, 15) is 9.59 Å². The maximum absolute atomic E-state index is 13.2. The summed E-state index contributed by atoms with van der Waals surface area (Å²) >= 11 is 0. The summed E-state index contributed by atoms with van der Waals surface area (Å²) in [6.45, 7) is 4.18. The lowest BCUT2D eigenvalue weighted by molar-refractivity contribution is 0.536. The van der Waals surface area contributed by atoms with Crippen molar-refractivity contribution in [2.45, 2.75) is 52.1 Å². The SMILES string of the molecule is CCCCCCn1c(=O)c2c(nc3n2CCCN3c2ccccc2)n(C)c1=O. The van der Waals surface area contributed by atoms with Gasteiger partial charge in [0, 0.05) is 32.4 Å². The highest BCUT2D eigenvalue weighted by molar-refractivity contribution is 5.77. The molecule has 4 rings (SSSR count). The molecule has 0 unspecified atom stereocenters. The molecule has 0 atom stereocenters. The second-order valence-electron chi connectivity index (χ2n) is 7.44. The van der Waals surface area contributed by atoms with E-state index in [1.54, 1.807) is 7.05 Å². The van der Waals surface area contributed by atoms with Crippen LogP contribution in [0.15, 0.2) is 39.9 Å². The molecular formula is C21H27N5O2. The Morgan fingerprint density at radius 3 is 2.57 bits per heavy atom. The molecule has 0 saturated heterocycles. The van der Waals surface area contributed by atoms with Gasteiger partial charge in [0.1, 0.15) is 0 Å². The van der Waals surface area contributed by atoms with Crippen molar-refractivity contribution in [3.63, 3.8) is 0 Å². The zero-order valence-corrected chi connectivity index (χ0v) is 16.6. The van der Waals surface area contributed by atoms with Gasteiger partial charge in [-0.1, -0.05) is 44.4 Å². The van der Waals surface area contributed by atoms with Crippen molar-refractivity contribution in [1.29, 1.82) is 0 Å². The van der Waals surface area contributed by atoms with E-state index < -0.39 is 0 Å². The van der Waals surface area contributed by atoms with Gasteiger partial charge in [-0.2, -0.15) is 4.98 Å². The molecule has 0 saturated carbocycles. The van der Waals surface area contributed by atoms with Gasteiger partial charge in [-0.15, -0.1) is 0 Å². The van der Waals surface area contributed by atoms with E-state index in [4.69, 9.17) is 4.98 Å². The van der Waals surface area contributed by atoms with Crippen LogP contribution in [0.1, 0.15) is 39.0 Å². The third-order valence-corrected chi connectivity index (χ3v) is 5.52. The topological polar surface area (TPSA) is 65.1 Å². The molecule has 0 fully saturated rings. The van der Waals surface area contributed by atoms with Crippen LogP contribution < -0.4 is 16.1 Å². The summed E-state index contributed by atoms with van der Waals surface area (Å²) in [5.41, 5.74) is 1.55. The first kappa shape index (κ1) is 18.5. The highest BCUT2D eigenvalue weighted by atomic mass is 16.2. The molecule has 7 heteroatoms. The number of para-hydroxylation sites is 1. The number of hydrogen-bond donors (Lipinski definition) is 0. The fraction of sp³-hybridized carbons (Fsp3) is 0.476. The van der Waals surface area contributed by atoms with Crippen molar-refractivity contribution >= 4 is 22.8 Å². The van der Waals surface area contributed by atoms with Gasteiger partial charge in [0.2, 0.25) is 5.95 Å². The van der Waals surface area contributed by atoms with Gasteiger partial charge in [-0.3, -0.25) is 13.9 Å². The zero-order chi connectivity index (χ0) is 19.7.